The van der Waals surface area contributed by atoms with Gasteiger partial charge in [0.1, 0.15) is 11.5 Å². The number of hydrogen-bond acceptors (Lipinski definition) is 5. The Morgan fingerprint density at radius 3 is 2.51 bits per heavy atom. The van der Waals surface area contributed by atoms with Gasteiger partial charge in [-0.25, -0.2) is 0 Å². The van der Waals surface area contributed by atoms with Gasteiger partial charge in [0.25, 0.3) is 11.7 Å². The molecule has 1 N–H and O–H groups in total. The molecule has 1 aromatic heterocycles. The number of pyridine rings is 1. The second-order valence-corrected chi connectivity index (χ2v) is 9.00. The average Bonchev–Trinajstić information content (AvgIpc) is 3.11. The Morgan fingerprint density at radius 1 is 1.09 bits per heavy atom. The van der Waals surface area contributed by atoms with Crippen molar-refractivity contribution < 1.29 is 19.4 Å². The predicted octanol–water partition coefficient (Wildman–Crippen LogP) is 6.19. The third kappa shape index (κ3) is 5.34. The Labute approximate surface area is 213 Å². The van der Waals surface area contributed by atoms with E-state index < -0.39 is 17.7 Å². The summed E-state index contributed by atoms with van der Waals surface area (Å²) in [4.78, 5) is 31.8. The van der Waals surface area contributed by atoms with Crippen LogP contribution in [0.2, 0.25) is 10.0 Å². The molecule has 0 aliphatic carbocycles. The molecule has 0 spiro atoms. The van der Waals surface area contributed by atoms with Gasteiger partial charge in [0.05, 0.1) is 28.3 Å². The molecule has 180 valence electrons. The highest BCUT2D eigenvalue weighted by Gasteiger charge is 2.46. The number of nitrogens with zero attached hydrogens (tertiary/aromatic N) is 2. The molecule has 6 nitrogen and oxygen atoms in total. The fourth-order valence-electron chi connectivity index (χ4n) is 3.96. The number of aliphatic hydroxyl groups excluding tert-OH is 1. The summed E-state index contributed by atoms with van der Waals surface area (Å²) in [5, 5.41) is 11.8. The molecule has 2 heterocycles. The minimum Gasteiger partial charge on any atom is -0.507 e. The zero-order valence-electron chi connectivity index (χ0n) is 19.1. The number of Topliss-reactive ketones (excluding diaryl/α,β-unsaturated/α-hetero) is 1. The summed E-state index contributed by atoms with van der Waals surface area (Å²) in [6.07, 6.45) is 5.21. The number of unbranched alkanes of at least 4 members (excludes halogenated alkanes) is 1. The summed E-state index contributed by atoms with van der Waals surface area (Å²) >= 11 is 12.4. The first-order valence-corrected chi connectivity index (χ1v) is 12.0. The van der Waals surface area contributed by atoms with E-state index in [2.05, 4.69) is 11.9 Å². The molecular formula is C27H24Cl2N2O4. The lowest BCUT2D eigenvalue weighted by atomic mass is 9.95. The zero-order chi connectivity index (χ0) is 24.9. The van der Waals surface area contributed by atoms with Crippen LogP contribution in [0.15, 0.2) is 72.6 Å². The van der Waals surface area contributed by atoms with E-state index in [1.165, 1.54) is 4.90 Å². The normalized spacial score (nSPS) is 17.1. The fraction of sp³-hybridized carbons (Fsp3) is 0.222. The van der Waals surface area contributed by atoms with E-state index in [0.717, 1.165) is 18.4 Å². The van der Waals surface area contributed by atoms with Crippen LogP contribution in [0.5, 0.6) is 5.75 Å². The van der Waals surface area contributed by atoms with Crippen LogP contribution in [0.1, 0.15) is 42.5 Å². The number of rotatable bonds is 8. The van der Waals surface area contributed by atoms with Crippen LogP contribution in [-0.2, 0) is 16.1 Å². The number of aliphatic hydroxyl groups is 1. The molecule has 8 heteroatoms. The van der Waals surface area contributed by atoms with Crippen LogP contribution in [0, 0.1) is 0 Å². The molecule has 1 fully saturated rings. The summed E-state index contributed by atoms with van der Waals surface area (Å²) < 4.78 is 5.68. The summed E-state index contributed by atoms with van der Waals surface area (Å²) in [6.45, 7) is 2.81. The highest BCUT2D eigenvalue weighted by molar-refractivity contribution is 6.46. The minimum atomic E-state index is -0.856. The average molecular weight is 511 g/mol. The van der Waals surface area contributed by atoms with Crippen LogP contribution < -0.4 is 4.74 Å². The maximum atomic E-state index is 13.2. The number of carbonyl (C=O) groups is 2. The largest absolute Gasteiger partial charge is 0.507 e. The van der Waals surface area contributed by atoms with E-state index in [1.54, 1.807) is 60.9 Å². The number of benzene rings is 2. The molecule has 1 amide bonds. The van der Waals surface area contributed by atoms with Gasteiger partial charge in [-0.1, -0.05) is 48.7 Å². The first-order chi connectivity index (χ1) is 16.9. The van der Waals surface area contributed by atoms with Crippen LogP contribution in [0.4, 0.5) is 0 Å². The Morgan fingerprint density at radius 2 is 1.86 bits per heavy atom. The maximum absolute atomic E-state index is 13.2. The predicted molar refractivity (Wildman–Crippen MR) is 135 cm³/mol. The highest BCUT2D eigenvalue weighted by Crippen LogP contribution is 2.41. The first kappa shape index (κ1) is 24.8. The fourth-order valence-corrected chi connectivity index (χ4v) is 4.27. The molecule has 2 aromatic carbocycles. The van der Waals surface area contributed by atoms with Gasteiger partial charge in [0.15, 0.2) is 0 Å². The Bertz CT molecular complexity index is 1260. The van der Waals surface area contributed by atoms with Crippen molar-refractivity contribution in [2.24, 2.45) is 0 Å². The van der Waals surface area contributed by atoms with E-state index in [-0.39, 0.29) is 22.9 Å². The number of ketones is 1. The maximum Gasteiger partial charge on any atom is 0.295 e. The lowest BCUT2D eigenvalue weighted by Crippen LogP contribution is -2.29. The Hall–Kier alpha value is -3.35. The third-order valence-corrected chi connectivity index (χ3v) is 6.51. The van der Waals surface area contributed by atoms with E-state index in [9.17, 15) is 14.7 Å². The summed E-state index contributed by atoms with van der Waals surface area (Å²) in [7, 11) is 0. The molecule has 1 aliphatic heterocycles. The zero-order valence-corrected chi connectivity index (χ0v) is 20.6. The Kier molecular flexibility index (Phi) is 7.73. The number of carbonyl (C=O) groups excluding carboxylic acids is 2. The van der Waals surface area contributed by atoms with E-state index in [0.29, 0.717) is 28.5 Å². The number of ether oxygens (including phenoxy) is 1. The second kappa shape index (κ2) is 10.9. The molecule has 0 bridgehead atoms. The monoisotopic (exact) mass is 510 g/mol. The summed E-state index contributed by atoms with van der Waals surface area (Å²) in [5.41, 5.74) is 1.69. The van der Waals surface area contributed by atoms with Crippen molar-refractivity contribution in [3.63, 3.8) is 0 Å². The quantitative estimate of drug-likeness (QED) is 0.169. The van der Waals surface area contributed by atoms with E-state index >= 15 is 0 Å². The molecule has 4 rings (SSSR count). The molecule has 1 atom stereocenters. The SMILES string of the molecule is CCCCOc1ccc(/C(O)=C2\C(=O)C(=O)N(Cc3cccnc3)C2c2ccc(Cl)c(Cl)c2)cc1. The number of halogens is 2. The molecule has 35 heavy (non-hydrogen) atoms. The van der Waals surface area contributed by atoms with Crippen LogP contribution in [0.25, 0.3) is 5.76 Å². The minimum absolute atomic E-state index is 0.0167. The van der Waals surface area contributed by atoms with Gasteiger partial charge in [-0.3, -0.25) is 14.6 Å². The van der Waals surface area contributed by atoms with Gasteiger partial charge in [-0.05, 0) is 60.0 Å². The van der Waals surface area contributed by atoms with Crippen molar-refractivity contribution in [2.75, 3.05) is 6.61 Å². The molecule has 0 radical (unpaired) electrons. The van der Waals surface area contributed by atoms with Gasteiger partial charge in [-0.15, -0.1) is 0 Å². The highest BCUT2D eigenvalue weighted by atomic mass is 35.5. The van der Waals surface area contributed by atoms with Crippen molar-refractivity contribution in [2.45, 2.75) is 32.4 Å². The number of amides is 1. The van der Waals surface area contributed by atoms with E-state index in [1.807, 2.05) is 6.07 Å². The topological polar surface area (TPSA) is 79.7 Å². The van der Waals surface area contributed by atoms with Crippen molar-refractivity contribution >= 4 is 40.7 Å². The third-order valence-electron chi connectivity index (χ3n) is 5.77. The number of likely N-dealkylation sites (tertiary alicyclic amines) is 1. The van der Waals surface area contributed by atoms with Gasteiger partial charge in [0, 0.05) is 24.5 Å². The molecular weight excluding hydrogens is 487 g/mol. The number of aromatic nitrogens is 1. The van der Waals surface area contributed by atoms with Gasteiger partial charge >= 0.3 is 0 Å². The van der Waals surface area contributed by atoms with Crippen molar-refractivity contribution in [1.82, 2.24) is 9.88 Å². The molecule has 1 unspecified atom stereocenters. The summed E-state index contributed by atoms with van der Waals surface area (Å²) in [6, 6.07) is 14.4. The molecule has 1 aliphatic rings. The first-order valence-electron chi connectivity index (χ1n) is 11.3. The van der Waals surface area contributed by atoms with Crippen LogP contribution in [-0.4, -0.2) is 33.3 Å². The lowest BCUT2D eigenvalue weighted by molar-refractivity contribution is -0.140. The van der Waals surface area contributed by atoms with Crippen molar-refractivity contribution in [1.29, 1.82) is 0 Å². The van der Waals surface area contributed by atoms with Crippen molar-refractivity contribution in [3.8, 4) is 5.75 Å². The lowest BCUT2D eigenvalue weighted by Gasteiger charge is -2.25. The second-order valence-electron chi connectivity index (χ2n) is 8.19. The molecule has 0 saturated carbocycles. The van der Waals surface area contributed by atoms with Crippen LogP contribution in [0.3, 0.4) is 0 Å². The van der Waals surface area contributed by atoms with Gasteiger partial charge in [0.2, 0.25) is 0 Å². The van der Waals surface area contributed by atoms with Gasteiger partial charge in [-0.2, -0.15) is 0 Å². The Balaban J connectivity index is 1.76. The van der Waals surface area contributed by atoms with Crippen LogP contribution >= 0.6 is 23.2 Å². The molecule has 1 saturated heterocycles. The van der Waals surface area contributed by atoms with Crippen molar-refractivity contribution in [3.05, 3.63) is 99.3 Å². The van der Waals surface area contributed by atoms with E-state index in [4.69, 9.17) is 27.9 Å². The standard InChI is InChI=1S/C27H24Cl2N2O4/c1-2-3-13-35-20-9-6-18(7-10-20)25(32)23-24(19-8-11-21(28)22(29)14-19)31(27(34)26(23)33)16-17-5-4-12-30-15-17/h4-12,14-15,24,32H,2-3,13,16H2,1H3/b25-23+. The van der Waals surface area contributed by atoms with Gasteiger partial charge < -0.3 is 14.7 Å². The number of hydrogen-bond donors (Lipinski definition) is 1. The smallest absolute Gasteiger partial charge is 0.295 e. The molecule has 3 aromatic rings. The summed E-state index contributed by atoms with van der Waals surface area (Å²) in [5.74, 6) is -1.10.